The molecule has 12 aromatic carbocycles. The third kappa shape index (κ3) is 11.3. The summed E-state index contributed by atoms with van der Waals surface area (Å²) in [6.07, 6.45) is 0. The Morgan fingerprint density at radius 2 is 0.563 bits per heavy atom. The molecule has 0 aliphatic rings. The van der Waals surface area contributed by atoms with E-state index >= 15 is 0 Å². The zero-order valence-corrected chi connectivity index (χ0v) is 48.4. The van der Waals surface area contributed by atoms with E-state index < -0.39 is 0 Å². The Hall–Kier alpha value is -11.4. The molecular weight excluding hydrogens is 1140 g/mol. The molecule has 0 saturated carbocycles. The Kier molecular flexibility index (Phi) is 15.1. The van der Waals surface area contributed by atoms with Crippen molar-refractivity contribution in [1.82, 2.24) is 29.5 Å². The van der Waals surface area contributed by atoms with Crippen LogP contribution in [0.2, 0.25) is 0 Å². The first-order valence-electron chi connectivity index (χ1n) is 28.5. The predicted molar refractivity (Wildman–Crippen MR) is 358 cm³/mol. The van der Waals surface area contributed by atoms with Crippen molar-refractivity contribution in [3.05, 3.63) is 320 Å². The maximum atomic E-state index is 6.00. The predicted octanol–water partition coefficient (Wildman–Crippen LogP) is 20.7. The van der Waals surface area contributed by atoms with E-state index in [1.54, 1.807) is 0 Å². The molecule has 16 rings (SSSR count). The molecule has 416 valence electrons. The molecule has 4 heterocycles. The number of hydrogen-bond donors (Lipinski definition) is 1. The number of nitrogens with one attached hydrogen (secondary N) is 1. The topological polar surface area (TPSA) is 103 Å². The van der Waals surface area contributed by atoms with E-state index in [0.717, 1.165) is 60.9 Å². The lowest BCUT2D eigenvalue weighted by Crippen LogP contribution is -2.10. The van der Waals surface area contributed by atoms with Crippen LogP contribution in [0.4, 0.5) is 28.4 Å². The molecule has 11 heteroatoms. The fourth-order valence-electron chi connectivity index (χ4n) is 11.0. The van der Waals surface area contributed by atoms with Gasteiger partial charge in [-0.15, -0.1) is 20.4 Å². The Bertz CT molecular complexity index is 4830. The number of anilines is 5. The van der Waals surface area contributed by atoms with E-state index in [1.165, 1.54) is 49.3 Å². The maximum absolute atomic E-state index is 6.00. The van der Waals surface area contributed by atoms with Gasteiger partial charge in [0.25, 0.3) is 0 Å². The number of halogens is 1. The van der Waals surface area contributed by atoms with E-state index in [0.29, 0.717) is 23.6 Å². The van der Waals surface area contributed by atoms with Crippen molar-refractivity contribution in [2.75, 3.05) is 10.2 Å². The van der Waals surface area contributed by atoms with Gasteiger partial charge in [-0.05, 0) is 170 Å². The number of aromatic nitrogens is 6. The van der Waals surface area contributed by atoms with Crippen LogP contribution in [0, 0.1) is 0 Å². The molecule has 0 aliphatic carbocycles. The van der Waals surface area contributed by atoms with Gasteiger partial charge in [0.2, 0.25) is 23.6 Å². The number of rotatable bonds is 11. The molecule has 0 radical (unpaired) electrons. The van der Waals surface area contributed by atoms with Gasteiger partial charge in [0, 0.05) is 88.1 Å². The van der Waals surface area contributed by atoms with Gasteiger partial charge in [-0.25, -0.2) is 0 Å². The Morgan fingerprint density at radius 1 is 0.276 bits per heavy atom. The summed E-state index contributed by atoms with van der Waals surface area (Å²) in [5.41, 5.74) is 16.1. The summed E-state index contributed by atoms with van der Waals surface area (Å²) in [5, 5.41) is 25.2. The van der Waals surface area contributed by atoms with Crippen LogP contribution in [-0.4, -0.2) is 29.5 Å². The summed E-state index contributed by atoms with van der Waals surface area (Å²) in [6.45, 7) is 0. The van der Waals surface area contributed by atoms with Gasteiger partial charge >= 0.3 is 0 Å². The first kappa shape index (κ1) is 53.6. The summed E-state index contributed by atoms with van der Waals surface area (Å²) in [7, 11) is 0. The number of benzene rings is 12. The first-order valence-corrected chi connectivity index (χ1v) is 29.3. The lowest BCUT2D eigenvalue weighted by molar-refractivity contribution is 0.584. The average molecular weight is 1190 g/mol. The summed E-state index contributed by atoms with van der Waals surface area (Å²) in [6, 6.07) is 108. The molecular formula is C76H53BrN8O2. The highest BCUT2D eigenvalue weighted by Gasteiger charge is 2.18. The second-order valence-electron chi connectivity index (χ2n) is 20.6. The molecule has 87 heavy (non-hydrogen) atoms. The maximum Gasteiger partial charge on any atom is 0.248 e. The summed E-state index contributed by atoms with van der Waals surface area (Å²) in [5.74, 6) is 2.07. The second-order valence-corrected chi connectivity index (χ2v) is 21.5. The van der Waals surface area contributed by atoms with Gasteiger partial charge in [-0.3, -0.25) is 0 Å². The van der Waals surface area contributed by atoms with Crippen LogP contribution in [-0.2, 0) is 0 Å². The molecule has 10 nitrogen and oxygen atoms in total. The molecule has 0 saturated heterocycles. The van der Waals surface area contributed by atoms with E-state index in [-0.39, 0.29) is 0 Å². The Morgan fingerprint density at radius 3 is 0.966 bits per heavy atom. The second kappa shape index (κ2) is 24.4. The molecule has 0 fully saturated rings. The van der Waals surface area contributed by atoms with Crippen LogP contribution < -0.4 is 10.2 Å². The molecule has 1 N–H and O–H groups in total. The molecule has 16 aromatic rings. The molecule has 0 bridgehead atoms. The van der Waals surface area contributed by atoms with E-state index in [1.807, 2.05) is 121 Å². The largest absolute Gasteiger partial charge is 0.416 e. The fourth-order valence-corrected chi connectivity index (χ4v) is 11.2. The number of hydrogen-bond acceptors (Lipinski definition) is 8. The minimum atomic E-state index is 0.493. The minimum Gasteiger partial charge on any atom is -0.416 e. The number of nitrogens with zero attached hydrogens (tertiary/aromatic N) is 7. The van der Waals surface area contributed by atoms with Crippen LogP contribution in [0.25, 0.3) is 101 Å². The third-order valence-corrected chi connectivity index (χ3v) is 15.6. The highest BCUT2D eigenvalue weighted by atomic mass is 79.9. The van der Waals surface area contributed by atoms with Crippen molar-refractivity contribution in [3.63, 3.8) is 0 Å². The smallest absolute Gasteiger partial charge is 0.248 e. The van der Waals surface area contributed by atoms with Gasteiger partial charge < -0.3 is 28.2 Å². The first-order chi connectivity index (χ1) is 43.1. The van der Waals surface area contributed by atoms with Crippen molar-refractivity contribution in [2.45, 2.75) is 0 Å². The van der Waals surface area contributed by atoms with Crippen molar-refractivity contribution in [2.24, 2.45) is 0 Å². The van der Waals surface area contributed by atoms with E-state index in [9.17, 15) is 0 Å². The van der Waals surface area contributed by atoms with Crippen molar-refractivity contribution in [3.8, 4) is 57.2 Å². The number of para-hydroxylation sites is 6. The van der Waals surface area contributed by atoms with Crippen molar-refractivity contribution in [1.29, 1.82) is 0 Å². The van der Waals surface area contributed by atoms with Gasteiger partial charge in [0.15, 0.2) is 0 Å². The molecule has 0 aliphatic heterocycles. The zero-order valence-electron chi connectivity index (χ0n) is 46.8. The zero-order chi connectivity index (χ0) is 58.3. The average Bonchev–Trinajstić information content (AvgIpc) is 2.98. The summed E-state index contributed by atoms with van der Waals surface area (Å²) in [4.78, 5) is 2.25. The van der Waals surface area contributed by atoms with Crippen LogP contribution in [0.1, 0.15) is 0 Å². The van der Waals surface area contributed by atoms with E-state index in [2.05, 4.69) is 250 Å². The molecule has 0 atom stereocenters. The Balaban J connectivity index is 0.000000128. The molecule has 0 spiro atoms. The summed E-state index contributed by atoms with van der Waals surface area (Å²) >= 11 is 3.39. The number of fused-ring (bicyclic) bond motifs is 6. The normalized spacial score (nSPS) is 11.0. The molecule has 4 aromatic heterocycles. The fraction of sp³-hybridized carbons (Fsp3) is 0. The third-order valence-electron chi connectivity index (χ3n) is 15.1. The summed E-state index contributed by atoms with van der Waals surface area (Å²) < 4.78 is 17.3. The Labute approximate surface area is 510 Å². The molecule has 0 amide bonds. The van der Waals surface area contributed by atoms with Gasteiger partial charge in [-0.2, -0.15) is 0 Å². The minimum absolute atomic E-state index is 0.493. The van der Waals surface area contributed by atoms with Gasteiger partial charge in [-0.1, -0.05) is 162 Å². The lowest BCUT2D eigenvalue weighted by atomic mass is 10.1. The van der Waals surface area contributed by atoms with Crippen LogP contribution >= 0.6 is 15.9 Å². The van der Waals surface area contributed by atoms with Crippen molar-refractivity contribution < 1.29 is 8.83 Å². The van der Waals surface area contributed by atoms with E-state index in [4.69, 9.17) is 8.83 Å². The van der Waals surface area contributed by atoms with Crippen molar-refractivity contribution >= 4 is 88.0 Å². The highest BCUT2D eigenvalue weighted by Crippen LogP contribution is 2.39. The van der Waals surface area contributed by atoms with Gasteiger partial charge in [0.1, 0.15) is 0 Å². The van der Waals surface area contributed by atoms with Crippen LogP contribution in [0.5, 0.6) is 0 Å². The quantitative estimate of drug-likeness (QED) is 0.137. The van der Waals surface area contributed by atoms with Crippen LogP contribution in [0.15, 0.2) is 329 Å². The monoisotopic (exact) mass is 1190 g/mol. The molecule has 0 unspecified atom stereocenters. The standard InChI is InChI=1S/C38H26N4O.C24H18N2.C14H9BrN2O/c1-3-11-27(12-4-1)37-39-40-38(43-37)28-19-21-30(22-20-28)41(29-13-5-2-6-14-29)31-23-25-32(26-24-31)42-35-17-9-7-15-33(35)34-16-8-10-18-36(34)42;1-2-8-18(9-3-1)25-19-14-16-20(17-15-19)26-23-12-6-4-10-21(23)22-11-5-7-13-24(22)26;15-12-8-6-11(7-9-12)14-17-16-13(18-14)10-4-2-1-3-5-10/h1-26H;1-17,25H;1-9H. The highest BCUT2D eigenvalue weighted by molar-refractivity contribution is 9.10. The SMILES string of the molecule is Brc1ccc(-c2nnc(-c3ccccc3)o2)cc1.c1ccc(-c2nnc(-c3ccc(N(c4ccccc4)c4ccc(-n5c6ccccc6c6ccccc65)cc4)cc3)o2)cc1.c1ccc(Nc2ccc(-n3c4ccccc4c4ccccc43)cc2)cc1. The van der Waals surface area contributed by atoms with Crippen LogP contribution in [0.3, 0.4) is 0 Å². The lowest BCUT2D eigenvalue weighted by Gasteiger charge is -2.26. The van der Waals surface area contributed by atoms with Gasteiger partial charge in [0.05, 0.1) is 22.1 Å².